The number of amides is 4. The van der Waals surface area contributed by atoms with Crippen molar-refractivity contribution in [1.29, 1.82) is 0 Å². The molecule has 4 amide bonds. The fourth-order valence-corrected chi connectivity index (χ4v) is 9.11. The number of methoxy groups -OCH3 is 2. The van der Waals surface area contributed by atoms with Gasteiger partial charge in [0, 0.05) is 24.2 Å². The Balaban J connectivity index is 0.908. The Bertz CT molecular complexity index is 2690. The molecular formula is C48H50N8O7. The summed E-state index contributed by atoms with van der Waals surface area (Å²) in [6.07, 6.45) is 3.66. The fraction of sp³-hybridized carbons (Fsp3) is 0.333. The quantitative estimate of drug-likeness (QED) is 0.106. The maximum absolute atomic E-state index is 14.1. The van der Waals surface area contributed by atoms with Crippen LogP contribution in [0.4, 0.5) is 9.59 Å². The van der Waals surface area contributed by atoms with Crippen LogP contribution in [0, 0.1) is 5.92 Å². The first kappa shape index (κ1) is 41.2. The van der Waals surface area contributed by atoms with Gasteiger partial charge < -0.3 is 44.6 Å². The van der Waals surface area contributed by atoms with E-state index in [0.717, 1.165) is 87.4 Å². The van der Waals surface area contributed by atoms with Crippen molar-refractivity contribution in [2.24, 2.45) is 5.92 Å². The van der Waals surface area contributed by atoms with E-state index in [9.17, 15) is 19.2 Å². The standard InChI is InChI=1S/C48H50N8O7/c1-27(2)40(53-47(59)61-3)45(57)55-20-8-12-37(55)43-49-25-35(50-43)33-17-16-29-22-30(14-15-31(29)23-33)32-18-19-34-39(24-32)63-26-36-42(34)52-44(51-36)38-13-9-21-56(38)46(58)41(54-48(60)62-4)28-10-6-5-7-11-28/h5-7,10-11,14-19,22-25,27,37-38,40-41H,8-9,12-13,20-21,26H2,1-4H3,(H,49,50)(H,51,52)(H,53,59)(H,54,60)/t37-,38-,40?,41+/m0/s1. The van der Waals surface area contributed by atoms with Crippen molar-refractivity contribution in [3.8, 4) is 39.4 Å². The minimum Gasteiger partial charge on any atom is -0.487 e. The highest BCUT2D eigenvalue weighted by molar-refractivity contribution is 5.91. The smallest absolute Gasteiger partial charge is 0.407 e. The maximum atomic E-state index is 14.1. The van der Waals surface area contributed by atoms with Crippen LogP contribution in [0.3, 0.4) is 0 Å². The Hall–Kier alpha value is -7.16. The van der Waals surface area contributed by atoms with Crippen molar-refractivity contribution < 1.29 is 33.4 Å². The number of nitrogens with zero attached hydrogens (tertiary/aromatic N) is 4. The topological polar surface area (TPSA) is 184 Å². The SMILES string of the molecule is COC(=O)NC(C(=O)N1CCC[C@H]1c1ncc(-c2ccc3cc(-c4ccc5c(c4)OCc4[nH]c([C@@H]6CCCN6C(=O)[C@H](NC(=O)OC)c6ccccc6)nc4-5)ccc3c2)[nH]1)C(C)C. The number of fused-ring (bicyclic) bond motifs is 4. The van der Waals surface area contributed by atoms with E-state index < -0.39 is 24.3 Å². The molecule has 2 aromatic heterocycles. The molecule has 1 unspecified atom stereocenters. The average Bonchev–Trinajstić information content (AvgIpc) is 4.16. The molecule has 2 saturated heterocycles. The van der Waals surface area contributed by atoms with E-state index in [1.165, 1.54) is 14.2 Å². The summed E-state index contributed by atoms with van der Waals surface area (Å²) in [5, 5.41) is 7.57. The van der Waals surface area contributed by atoms with Gasteiger partial charge in [-0.3, -0.25) is 9.59 Å². The molecule has 0 spiro atoms. The van der Waals surface area contributed by atoms with Gasteiger partial charge in [0.05, 0.1) is 49.6 Å². The van der Waals surface area contributed by atoms with Gasteiger partial charge in [0.15, 0.2) is 0 Å². The molecule has 3 aliphatic rings. The number of aromatic nitrogens is 4. The number of hydrogen-bond acceptors (Lipinski definition) is 9. The van der Waals surface area contributed by atoms with Gasteiger partial charge in [-0.05, 0) is 83.3 Å². The van der Waals surface area contributed by atoms with E-state index in [0.29, 0.717) is 31.1 Å². The third-order valence-electron chi connectivity index (χ3n) is 12.4. The van der Waals surface area contributed by atoms with Gasteiger partial charge in [0.1, 0.15) is 36.1 Å². The van der Waals surface area contributed by atoms with Crippen LogP contribution in [-0.4, -0.2) is 87.1 Å². The van der Waals surface area contributed by atoms with Crippen molar-refractivity contribution in [3.05, 3.63) is 114 Å². The molecule has 0 bridgehead atoms. The normalized spacial score (nSPS) is 17.7. The number of carbonyl (C=O) groups is 4. The van der Waals surface area contributed by atoms with Crippen molar-refractivity contribution in [2.45, 2.75) is 70.3 Å². The average molecular weight is 851 g/mol. The van der Waals surface area contributed by atoms with Crippen molar-refractivity contribution in [2.75, 3.05) is 27.3 Å². The van der Waals surface area contributed by atoms with E-state index in [2.05, 4.69) is 69.1 Å². The number of aromatic amines is 2. The lowest BCUT2D eigenvalue weighted by Gasteiger charge is -2.30. The van der Waals surface area contributed by atoms with Crippen LogP contribution in [0.15, 0.2) is 91.1 Å². The molecule has 0 aliphatic carbocycles. The number of rotatable bonds is 10. The van der Waals surface area contributed by atoms with E-state index in [4.69, 9.17) is 24.2 Å². The summed E-state index contributed by atoms with van der Waals surface area (Å²) in [6.45, 7) is 5.24. The summed E-state index contributed by atoms with van der Waals surface area (Å²) < 4.78 is 15.9. The molecule has 15 heteroatoms. The summed E-state index contributed by atoms with van der Waals surface area (Å²) in [5.41, 5.74) is 7.09. The highest BCUT2D eigenvalue weighted by Crippen LogP contribution is 2.42. The Morgan fingerprint density at radius 1 is 0.746 bits per heavy atom. The van der Waals surface area contributed by atoms with Crippen LogP contribution in [0.25, 0.3) is 44.4 Å². The van der Waals surface area contributed by atoms with Gasteiger partial charge in [0.2, 0.25) is 5.91 Å². The summed E-state index contributed by atoms with van der Waals surface area (Å²) in [7, 11) is 2.57. The van der Waals surface area contributed by atoms with E-state index >= 15 is 0 Å². The van der Waals surface area contributed by atoms with Crippen LogP contribution >= 0.6 is 0 Å². The van der Waals surface area contributed by atoms with Crippen molar-refractivity contribution in [3.63, 3.8) is 0 Å². The lowest BCUT2D eigenvalue weighted by atomic mass is 9.97. The van der Waals surface area contributed by atoms with Crippen molar-refractivity contribution >= 4 is 34.8 Å². The second-order valence-corrected chi connectivity index (χ2v) is 16.6. The maximum Gasteiger partial charge on any atom is 0.407 e. The van der Waals surface area contributed by atoms with Crippen LogP contribution in [0.2, 0.25) is 0 Å². The molecular weight excluding hydrogens is 801 g/mol. The van der Waals surface area contributed by atoms with Gasteiger partial charge in [0.25, 0.3) is 5.91 Å². The monoisotopic (exact) mass is 850 g/mol. The molecule has 4 aromatic carbocycles. The largest absolute Gasteiger partial charge is 0.487 e. The molecule has 4 atom stereocenters. The van der Waals surface area contributed by atoms with Gasteiger partial charge in [-0.15, -0.1) is 0 Å². The lowest BCUT2D eigenvalue weighted by molar-refractivity contribution is -0.135. The Morgan fingerprint density at radius 3 is 2.10 bits per heavy atom. The Morgan fingerprint density at radius 2 is 1.38 bits per heavy atom. The van der Waals surface area contributed by atoms with Crippen LogP contribution in [0.5, 0.6) is 5.75 Å². The second kappa shape index (κ2) is 17.3. The fourth-order valence-electron chi connectivity index (χ4n) is 9.11. The number of nitrogens with one attached hydrogen (secondary N) is 4. The molecule has 2 fully saturated rings. The first-order chi connectivity index (χ1) is 30.6. The zero-order chi connectivity index (χ0) is 43.8. The predicted molar refractivity (Wildman–Crippen MR) is 235 cm³/mol. The van der Waals surface area contributed by atoms with Gasteiger partial charge in [-0.25, -0.2) is 19.6 Å². The number of ether oxygens (including phenoxy) is 3. The van der Waals surface area contributed by atoms with Gasteiger partial charge >= 0.3 is 12.2 Å². The van der Waals surface area contributed by atoms with E-state index in [1.807, 2.05) is 61.3 Å². The first-order valence-corrected chi connectivity index (χ1v) is 21.4. The van der Waals surface area contributed by atoms with Gasteiger partial charge in [-0.1, -0.05) is 74.5 Å². The molecule has 0 radical (unpaired) electrons. The summed E-state index contributed by atoms with van der Waals surface area (Å²) in [5.74, 6) is 1.67. The molecule has 5 heterocycles. The Labute approximate surface area is 364 Å². The molecule has 324 valence electrons. The summed E-state index contributed by atoms with van der Waals surface area (Å²) in [6, 6.07) is 25.9. The minimum atomic E-state index is -0.898. The first-order valence-electron chi connectivity index (χ1n) is 21.4. The highest BCUT2D eigenvalue weighted by atomic mass is 16.5. The van der Waals surface area contributed by atoms with Crippen LogP contribution in [0.1, 0.15) is 80.6 Å². The number of carbonyl (C=O) groups excluding carboxylic acids is 4. The third kappa shape index (κ3) is 8.06. The predicted octanol–water partition coefficient (Wildman–Crippen LogP) is 7.98. The highest BCUT2D eigenvalue weighted by Gasteiger charge is 2.39. The van der Waals surface area contributed by atoms with E-state index in [-0.39, 0.29) is 29.8 Å². The third-order valence-corrected chi connectivity index (χ3v) is 12.4. The zero-order valence-corrected chi connectivity index (χ0v) is 35.6. The van der Waals surface area contributed by atoms with Crippen LogP contribution in [-0.2, 0) is 25.7 Å². The van der Waals surface area contributed by atoms with Gasteiger partial charge in [-0.2, -0.15) is 0 Å². The molecule has 15 nitrogen and oxygen atoms in total. The molecule has 0 saturated carbocycles. The molecule has 3 aliphatic heterocycles. The number of hydrogen-bond donors (Lipinski definition) is 4. The number of alkyl carbamates (subject to hydrolysis) is 2. The van der Waals surface area contributed by atoms with E-state index in [1.54, 1.807) is 4.90 Å². The second-order valence-electron chi connectivity index (χ2n) is 16.6. The summed E-state index contributed by atoms with van der Waals surface area (Å²) in [4.78, 5) is 72.3. The molecule has 4 N–H and O–H groups in total. The Kier molecular flexibility index (Phi) is 11.3. The molecule has 9 rings (SSSR count). The summed E-state index contributed by atoms with van der Waals surface area (Å²) >= 11 is 0. The zero-order valence-electron chi connectivity index (χ0n) is 35.6. The lowest BCUT2D eigenvalue weighted by Crippen LogP contribution is -2.51. The number of benzene rings is 4. The number of imidazole rings is 2. The number of likely N-dealkylation sites (tertiary alicyclic amines) is 2. The molecule has 63 heavy (non-hydrogen) atoms. The van der Waals surface area contributed by atoms with Crippen molar-refractivity contribution in [1.82, 2.24) is 40.4 Å². The molecule has 6 aromatic rings. The number of H-pyrrole nitrogens is 2. The minimum absolute atomic E-state index is 0.113. The van der Waals surface area contributed by atoms with Crippen LogP contribution < -0.4 is 15.4 Å².